The highest BCUT2D eigenvalue weighted by atomic mass is 127. The van der Waals surface area contributed by atoms with E-state index in [2.05, 4.69) is 46.1 Å². The fourth-order valence-electron chi connectivity index (χ4n) is 2.69. The van der Waals surface area contributed by atoms with E-state index in [1.807, 2.05) is 0 Å². The van der Waals surface area contributed by atoms with E-state index in [0.717, 1.165) is 17.9 Å². The summed E-state index contributed by atoms with van der Waals surface area (Å²) in [5.74, 6) is 2.39. The quantitative estimate of drug-likeness (QED) is 0.208. The zero-order chi connectivity index (χ0) is 19.8. The zero-order valence-corrected chi connectivity index (χ0v) is 19.2. The smallest absolute Gasteiger partial charge is 0.287 e. The normalized spacial score (nSPS) is 13.4. The molecule has 0 radical (unpaired) electrons. The van der Waals surface area contributed by atoms with Crippen molar-refractivity contribution in [3.8, 4) is 5.75 Å². The van der Waals surface area contributed by atoms with Gasteiger partial charge in [0.2, 0.25) is 0 Å². The number of halogens is 1. The second kappa shape index (κ2) is 11.7. The lowest BCUT2D eigenvalue weighted by Gasteiger charge is -2.15. The first-order chi connectivity index (χ1) is 13.7. The Morgan fingerprint density at radius 2 is 2.00 bits per heavy atom. The molecule has 0 aliphatic heterocycles. The molecule has 3 N–H and O–H groups in total. The predicted molar refractivity (Wildman–Crippen MR) is 124 cm³/mol. The van der Waals surface area contributed by atoms with Gasteiger partial charge in [0.05, 0.1) is 12.9 Å². The van der Waals surface area contributed by atoms with Crippen molar-refractivity contribution < 1.29 is 13.9 Å². The predicted octanol–water partition coefficient (Wildman–Crippen LogP) is 3.09. The third-order valence-corrected chi connectivity index (χ3v) is 4.51. The second-order valence-electron chi connectivity index (χ2n) is 6.95. The Morgan fingerprint density at radius 1 is 1.21 bits per heavy atom. The van der Waals surface area contributed by atoms with Gasteiger partial charge in [0.25, 0.3) is 5.91 Å². The van der Waals surface area contributed by atoms with E-state index in [4.69, 9.17) is 9.15 Å². The van der Waals surface area contributed by atoms with Gasteiger partial charge in [-0.15, -0.1) is 24.0 Å². The standard InChI is InChI=1S/C21H28N4O3.HI/c1-15-5-8-17(19(12-15)28-14-16-6-7-16)13-25-21(22-2)24-10-9-23-20(26)18-4-3-11-27-18;/h3-5,8,11-12,16H,6-7,9-10,13-14H2,1-2H3,(H,23,26)(H2,22,24,25);1H. The molecular formula is C21H29IN4O3. The molecule has 7 nitrogen and oxygen atoms in total. The van der Waals surface area contributed by atoms with Gasteiger partial charge in [0.1, 0.15) is 5.75 Å². The summed E-state index contributed by atoms with van der Waals surface area (Å²) in [5, 5.41) is 9.27. The number of carbonyl (C=O) groups is 1. The van der Waals surface area contributed by atoms with E-state index in [1.165, 1.54) is 24.7 Å². The number of rotatable bonds is 9. The number of carbonyl (C=O) groups excluding carboxylic acids is 1. The van der Waals surface area contributed by atoms with Crippen LogP contribution < -0.4 is 20.7 Å². The topological polar surface area (TPSA) is 87.9 Å². The number of hydrogen-bond acceptors (Lipinski definition) is 4. The van der Waals surface area contributed by atoms with Gasteiger partial charge >= 0.3 is 0 Å². The number of aryl methyl sites for hydroxylation is 1. The Kier molecular flexibility index (Phi) is 9.30. The SMILES string of the molecule is CN=C(NCCNC(=O)c1ccco1)NCc1ccc(C)cc1OCC1CC1.I. The fourth-order valence-corrected chi connectivity index (χ4v) is 2.69. The highest BCUT2D eigenvalue weighted by Crippen LogP contribution is 2.30. The van der Waals surface area contributed by atoms with Gasteiger partial charge in [-0.25, -0.2) is 0 Å². The molecule has 1 aliphatic carbocycles. The minimum atomic E-state index is -0.230. The second-order valence-corrected chi connectivity index (χ2v) is 6.95. The molecule has 1 amide bonds. The van der Waals surface area contributed by atoms with Crippen LogP contribution in [0.1, 0.15) is 34.5 Å². The fraction of sp³-hybridized carbons (Fsp3) is 0.429. The number of nitrogens with zero attached hydrogens (tertiary/aromatic N) is 1. The minimum Gasteiger partial charge on any atom is -0.493 e. The van der Waals surface area contributed by atoms with Crippen molar-refractivity contribution in [3.05, 3.63) is 53.5 Å². The lowest BCUT2D eigenvalue weighted by Crippen LogP contribution is -2.41. The summed E-state index contributed by atoms with van der Waals surface area (Å²) < 4.78 is 11.1. The summed E-state index contributed by atoms with van der Waals surface area (Å²) in [4.78, 5) is 16.0. The van der Waals surface area contributed by atoms with Crippen LogP contribution in [0.3, 0.4) is 0 Å². The van der Waals surface area contributed by atoms with Crippen LogP contribution in [-0.4, -0.2) is 38.6 Å². The lowest BCUT2D eigenvalue weighted by molar-refractivity contribution is 0.0926. The molecule has 8 heteroatoms. The molecule has 0 unspecified atom stereocenters. The Balaban J connectivity index is 0.00000300. The monoisotopic (exact) mass is 512 g/mol. The van der Waals surface area contributed by atoms with Crippen molar-refractivity contribution in [2.75, 3.05) is 26.7 Å². The molecule has 29 heavy (non-hydrogen) atoms. The van der Waals surface area contributed by atoms with Crippen molar-refractivity contribution in [3.63, 3.8) is 0 Å². The number of benzene rings is 1. The third kappa shape index (κ3) is 7.60. The summed E-state index contributed by atoms with van der Waals surface area (Å²) in [7, 11) is 1.72. The maximum Gasteiger partial charge on any atom is 0.287 e. The molecule has 1 aliphatic rings. The van der Waals surface area contributed by atoms with E-state index >= 15 is 0 Å². The van der Waals surface area contributed by atoms with Gasteiger partial charge in [0.15, 0.2) is 11.7 Å². The van der Waals surface area contributed by atoms with Gasteiger partial charge in [-0.05, 0) is 49.4 Å². The molecule has 1 saturated carbocycles. The lowest BCUT2D eigenvalue weighted by atomic mass is 10.1. The summed E-state index contributed by atoms with van der Waals surface area (Å²) in [6.07, 6.45) is 4.02. The van der Waals surface area contributed by atoms with E-state index in [0.29, 0.717) is 37.3 Å². The number of aliphatic imine (C=N–C) groups is 1. The van der Waals surface area contributed by atoms with E-state index in [9.17, 15) is 4.79 Å². The molecule has 1 heterocycles. The molecule has 0 atom stereocenters. The van der Waals surface area contributed by atoms with Crippen molar-refractivity contribution in [2.45, 2.75) is 26.3 Å². The van der Waals surface area contributed by atoms with Crippen LogP contribution in [0.15, 0.2) is 46.0 Å². The molecule has 1 fully saturated rings. The van der Waals surface area contributed by atoms with Gasteiger partial charge < -0.3 is 25.1 Å². The molecule has 2 aromatic rings. The largest absolute Gasteiger partial charge is 0.493 e. The Morgan fingerprint density at radius 3 is 2.69 bits per heavy atom. The first-order valence-corrected chi connectivity index (χ1v) is 9.64. The summed E-state index contributed by atoms with van der Waals surface area (Å²) in [5.41, 5.74) is 2.28. The van der Waals surface area contributed by atoms with Crippen LogP contribution >= 0.6 is 24.0 Å². The van der Waals surface area contributed by atoms with Crippen LogP contribution in [0.2, 0.25) is 0 Å². The average molecular weight is 512 g/mol. The summed E-state index contributed by atoms with van der Waals surface area (Å²) in [6.45, 7) is 4.47. The van der Waals surface area contributed by atoms with Crippen LogP contribution in [0.4, 0.5) is 0 Å². The van der Waals surface area contributed by atoms with Crippen LogP contribution in [0.25, 0.3) is 0 Å². The first kappa shape index (κ1) is 23.1. The van der Waals surface area contributed by atoms with E-state index < -0.39 is 0 Å². The number of hydrogen-bond donors (Lipinski definition) is 3. The molecule has 0 spiro atoms. The maximum atomic E-state index is 11.8. The van der Waals surface area contributed by atoms with Crippen molar-refractivity contribution in [1.29, 1.82) is 0 Å². The molecule has 0 saturated heterocycles. The average Bonchev–Trinajstić information content (AvgIpc) is 3.37. The minimum absolute atomic E-state index is 0. The van der Waals surface area contributed by atoms with Crippen molar-refractivity contribution in [1.82, 2.24) is 16.0 Å². The Bertz CT molecular complexity index is 804. The summed E-state index contributed by atoms with van der Waals surface area (Å²) in [6, 6.07) is 9.57. The summed E-state index contributed by atoms with van der Waals surface area (Å²) >= 11 is 0. The Labute approximate surface area is 188 Å². The number of amides is 1. The van der Waals surface area contributed by atoms with Gasteiger partial charge in [0, 0.05) is 32.2 Å². The van der Waals surface area contributed by atoms with Crippen LogP contribution in [-0.2, 0) is 6.54 Å². The molecule has 1 aromatic heterocycles. The molecule has 0 bridgehead atoms. The van der Waals surface area contributed by atoms with E-state index in [-0.39, 0.29) is 29.9 Å². The maximum absolute atomic E-state index is 11.8. The van der Waals surface area contributed by atoms with E-state index in [1.54, 1.807) is 19.2 Å². The van der Waals surface area contributed by atoms with Gasteiger partial charge in [-0.1, -0.05) is 12.1 Å². The number of nitrogens with one attached hydrogen (secondary N) is 3. The highest BCUT2D eigenvalue weighted by molar-refractivity contribution is 14.0. The number of furan rings is 1. The van der Waals surface area contributed by atoms with Gasteiger partial charge in [-0.3, -0.25) is 9.79 Å². The number of ether oxygens (including phenoxy) is 1. The Hall–Kier alpha value is -2.23. The molecule has 1 aromatic carbocycles. The van der Waals surface area contributed by atoms with Gasteiger partial charge in [-0.2, -0.15) is 0 Å². The number of guanidine groups is 1. The van der Waals surface area contributed by atoms with Crippen LogP contribution in [0.5, 0.6) is 5.75 Å². The van der Waals surface area contributed by atoms with Crippen LogP contribution in [0, 0.1) is 12.8 Å². The van der Waals surface area contributed by atoms with Crippen molar-refractivity contribution in [2.24, 2.45) is 10.9 Å². The highest BCUT2D eigenvalue weighted by Gasteiger charge is 2.22. The molecular weight excluding hydrogens is 483 g/mol. The zero-order valence-electron chi connectivity index (χ0n) is 16.9. The first-order valence-electron chi connectivity index (χ1n) is 9.64. The van der Waals surface area contributed by atoms with Crippen molar-refractivity contribution >= 4 is 35.8 Å². The third-order valence-electron chi connectivity index (χ3n) is 4.51. The molecule has 158 valence electrons. The molecule has 3 rings (SSSR count).